The van der Waals surface area contributed by atoms with Crippen molar-refractivity contribution in [1.29, 1.82) is 0 Å². The van der Waals surface area contributed by atoms with E-state index in [9.17, 15) is 4.79 Å². The first-order valence-electron chi connectivity index (χ1n) is 5.13. The zero-order valence-corrected chi connectivity index (χ0v) is 8.21. The summed E-state index contributed by atoms with van der Waals surface area (Å²) in [5.74, 6) is 0.235. The molecule has 2 aliphatic rings. The van der Waals surface area contributed by atoms with E-state index >= 15 is 0 Å². The quantitative estimate of drug-likeness (QED) is 0.643. The molecule has 0 unspecified atom stereocenters. The van der Waals surface area contributed by atoms with Crippen molar-refractivity contribution in [2.24, 2.45) is 0 Å². The monoisotopic (exact) mass is 183 g/mol. The van der Waals surface area contributed by atoms with Gasteiger partial charge in [-0.25, -0.2) is 0 Å². The van der Waals surface area contributed by atoms with E-state index < -0.39 is 5.60 Å². The van der Waals surface area contributed by atoms with E-state index in [1.54, 1.807) is 7.11 Å². The highest BCUT2D eigenvalue weighted by Gasteiger charge is 2.46. The molecule has 0 aromatic carbocycles. The first-order chi connectivity index (χ1) is 6.28. The molecule has 0 bridgehead atoms. The maximum atomic E-state index is 12.0. The highest BCUT2D eigenvalue weighted by molar-refractivity contribution is 5.86. The molecule has 74 valence electrons. The average molecular weight is 183 g/mol. The molecule has 1 aliphatic carbocycles. The number of amides is 1. The molecule has 0 N–H and O–H groups in total. The van der Waals surface area contributed by atoms with Gasteiger partial charge in [0.15, 0.2) is 0 Å². The van der Waals surface area contributed by atoms with Gasteiger partial charge in [0.25, 0.3) is 5.91 Å². The van der Waals surface area contributed by atoms with Crippen LogP contribution in [0.25, 0.3) is 0 Å². The molecule has 2 fully saturated rings. The highest BCUT2D eigenvalue weighted by Crippen LogP contribution is 2.37. The van der Waals surface area contributed by atoms with Crippen LogP contribution in [0.1, 0.15) is 32.1 Å². The lowest BCUT2D eigenvalue weighted by Crippen LogP contribution is -2.53. The van der Waals surface area contributed by atoms with E-state index in [0.29, 0.717) is 0 Å². The smallest absolute Gasteiger partial charge is 0.254 e. The minimum Gasteiger partial charge on any atom is -0.368 e. The Kier molecular flexibility index (Phi) is 2.28. The molecule has 3 heteroatoms. The Balaban J connectivity index is 2.01. The summed E-state index contributed by atoms with van der Waals surface area (Å²) in [7, 11) is 1.66. The molecule has 0 aromatic heterocycles. The van der Waals surface area contributed by atoms with Crippen LogP contribution in [-0.2, 0) is 9.53 Å². The van der Waals surface area contributed by atoms with Crippen molar-refractivity contribution in [3.8, 4) is 0 Å². The lowest BCUT2D eigenvalue weighted by Gasteiger charge is -2.41. The second-order valence-corrected chi connectivity index (χ2v) is 4.05. The van der Waals surface area contributed by atoms with Crippen LogP contribution in [0.4, 0.5) is 0 Å². The second kappa shape index (κ2) is 3.29. The Hall–Kier alpha value is -0.570. The predicted octanol–water partition coefficient (Wildman–Crippen LogP) is 1.18. The molecular formula is C10H17NO2. The zero-order chi connectivity index (χ0) is 9.31. The molecule has 1 heterocycles. The van der Waals surface area contributed by atoms with Crippen LogP contribution >= 0.6 is 0 Å². The van der Waals surface area contributed by atoms with Crippen molar-refractivity contribution < 1.29 is 9.53 Å². The van der Waals surface area contributed by atoms with Gasteiger partial charge in [0, 0.05) is 20.2 Å². The van der Waals surface area contributed by atoms with Gasteiger partial charge in [-0.15, -0.1) is 0 Å². The molecule has 2 rings (SSSR count). The minimum atomic E-state index is -0.426. The standard InChI is InChI=1S/C10H17NO2/c1-13-10(5-4-6-10)9(12)11-7-2-3-8-11/h2-8H2,1H3. The van der Waals surface area contributed by atoms with Gasteiger partial charge in [0.05, 0.1) is 0 Å². The van der Waals surface area contributed by atoms with Gasteiger partial charge in [0.1, 0.15) is 5.60 Å². The molecular weight excluding hydrogens is 166 g/mol. The maximum Gasteiger partial charge on any atom is 0.254 e. The summed E-state index contributed by atoms with van der Waals surface area (Å²) in [6.07, 6.45) is 5.28. The van der Waals surface area contributed by atoms with E-state index in [4.69, 9.17) is 4.74 Å². The molecule has 1 saturated heterocycles. The van der Waals surface area contributed by atoms with E-state index in [-0.39, 0.29) is 5.91 Å². The van der Waals surface area contributed by atoms with Crippen LogP contribution in [0.3, 0.4) is 0 Å². The fraction of sp³-hybridized carbons (Fsp3) is 0.900. The summed E-state index contributed by atoms with van der Waals surface area (Å²) >= 11 is 0. The number of hydrogen-bond donors (Lipinski definition) is 0. The third-order valence-electron chi connectivity index (χ3n) is 3.34. The lowest BCUT2D eigenvalue weighted by atomic mass is 9.79. The number of methoxy groups -OCH3 is 1. The molecule has 1 saturated carbocycles. The van der Waals surface area contributed by atoms with E-state index in [2.05, 4.69) is 0 Å². The van der Waals surface area contributed by atoms with Crippen LogP contribution in [0.15, 0.2) is 0 Å². The minimum absolute atomic E-state index is 0.235. The van der Waals surface area contributed by atoms with Crippen molar-refractivity contribution in [2.45, 2.75) is 37.7 Å². The average Bonchev–Trinajstić information content (AvgIpc) is 2.54. The van der Waals surface area contributed by atoms with Crippen molar-refractivity contribution in [1.82, 2.24) is 4.90 Å². The Bertz CT molecular complexity index is 199. The van der Waals surface area contributed by atoms with Crippen LogP contribution < -0.4 is 0 Å². The van der Waals surface area contributed by atoms with Crippen molar-refractivity contribution >= 4 is 5.91 Å². The predicted molar refractivity (Wildman–Crippen MR) is 49.4 cm³/mol. The fourth-order valence-corrected chi connectivity index (χ4v) is 2.21. The summed E-state index contributed by atoms with van der Waals surface area (Å²) in [4.78, 5) is 13.9. The molecule has 13 heavy (non-hydrogen) atoms. The number of rotatable bonds is 2. The number of likely N-dealkylation sites (tertiary alicyclic amines) is 1. The first-order valence-corrected chi connectivity index (χ1v) is 5.13. The first kappa shape index (κ1) is 9.00. The summed E-state index contributed by atoms with van der Waals surface area (Å²) in [6.45, 7) is 1.87. The van der Waals surface area contributed by atoms with Crippen LogP contribution in [0, 0.1) is 0 Å². The van der Waals surface area contributed by atoms with E-state index in [1.807, 2.05) is 4.90 Å². The largest absolute Gasteiger partial charge is 0.368 e. The van der Waals surface area contributed by atoms with Crippen LogP contribution in [0.2, 0.25) is 0 Å². The zero-order valence-electron chi connectivity index (χ0n) is 8.21. The second-order valence-electron chi connectivity index (χ2n) is 4.05. The molecule has 1 aliphatic heterocycles. The third-order valence-corrected chi connectivity index (χ3v) is 3.34. The summed E-state index contributed by atoms with van der Waals surface area (Å²) in [6, 6.07) is 0. The summed E-state index contributed by atoms with van der Waals surface area (Å²) in [5, 5.41) is 0. The maximum absolute atomic E-state index is 12.0. The molecule has 0 radical (unpaired) electrons. The highest BCUT2D eigenvalue weighted by atomic mass is 16.5. The van der Waals surface area contributed by atoms with Gasteiger partial charge >= 0.3 is 0 Å². The Morgan fingerprint density at radius 3 is 2.23 bits per heavy atom. The van der Waals surface area contributed by atoms with Crippen LogP contribution in [0.5, 0.6) is 0 Å². The molecule has 0 spiro atoms. The number of carbonyl (C=O) groups excluding carboxylic acids is 1. The Morgan fingerprint density at radius 2 is 1.85 bits per heavy atom. The Morgan fingerprint density at radius 1 is 1.23 bits per heavy atom. The Labute approximate surface area is 79.0 Å². The van der Waals surface area contributed by atoms with Crippen molar-refractivity contribution in [3.05, 3.63) is 0 Å². The molecule has 0 aromatic rings. The number of carbonyl (C=O) groups is 1. The normalized spacial score (nSPS) is 25.8. The number of ether oxygens (including phenoxy) is 1. The molecule has 0 atom stereocenters. The molecule has 3 nitrogen and oxygen atoms in total. The van der Waals surface area contributed by atoms with Crippen LogP contribution in [-0.4, -0.2) is 36.6 Å². The lowest BCUT2D eigenvalue weighted by molar-refractivity contribution is -0.164. The topological polar surface area (TPSA) is 29.5 Å². The summed E-state index contributed by atoms with van der Waals surface area (Å²) < 4.78 is 5.36. The SMILES string of the molecule is COC1(C(=O)N2CCCC2)CCC1. The van der Waals surface area contributed by atoms with Gasteiger partial charge in [-0.1, -0.05) is 0 Å². The van der Waals surface area contributed by atoms with Gasteiger partial charge in [-0.3, -0.25) is 4.79 Å². The van der Waals surface area contributed by atoms with E-state index in [0.717, 1.165) is 45.2 Å². The van der Waals surface area contributed by atoms with Gasteiger partial charge in [-0.05, 0) is 32.1 Å². The third kappa shape index (κ3) is 1.35. The van der Waals surface area contributed by atoms with Crippen molar-refractivity contribution in [2.75, 3.05) is 20.2 Å². The van der Waals surface area contributed by atoms with Gasteiger partial charge < -0.3 is 9.64 Å². The number of hydrogen-bond acceptors (Lipinski definition) is 2. The molecule has 1 amide bonds. The van der Waals surface area contributed by atoms with Gasteiger partial charge in [0.2, 0.25) is 0 Å². The van der Waals surface area contributed by atoms with Crippen molar-refractivity contribution in [3.63, 3.8) is 0 Å². The van der Waals surface area contributed by atoms with Gasteiger partial charge in [-0.2, -0.15) is 0 Å². The fourth-order valence-electron chi connectivity index (χ4n) is 2.21. The summed E-state index contributed by atoms with van der Waals surface area (Å²) in [5.41, 5.74) is -0.426. The number of nitrogens with zero attached hydrogens (tertiary/aromatic N) is 1. The van der Waals surface area contributed by atoms with E-state index in [1.165, 1.54) is 0 Å².